The maximum absolute atomic E-state index is 12.9. The van der Waals surface area contributed by atoms with Gasteiger partial charge in [-0.05, 0) is 42.2 Å². The number of aromatic nitrogens is 2. The molecule has 0 aromatic carbocycles. The van der Waals surface area contributed by atoms with Crippen LogP contribution in [-0.2, 0) is 0 Å². The number of nitrogens with one attached hydrogen (secondary N) is 3. The zero-order valence-corrected chi connectivity index (χ0v) is 21.5. The Hall–Kier alpha value is -2.57. The van der Waals surface area contributed by atoms with Crippen molar-refractivity contribution in [2.45, 2.75) is 85.6 Å². The maximum atomic E-state index is 12.9. The van der Waals surface area contributed by atoms with E-state index < -0.39 is 0 Å². The zero-order valence-electron chi connectivity index (χ0n) is 21.5. The zero-order chi connectivity index (χ0) is 24.4. The molecule has 1 aliphatic carbocycles. The van der Waals surface area contributed by atoms with E-state index in [0.29, 0.717) is 5.69 Å². The van der Waals surface area contributed by atoms with Crippen molar-refractivity contribution in [1.82, 2.24) is 15.5 Å². The quantitative estimate of drug-likeness (QED) is 0.490. The van der Waals surface area contributed by atoms with Crippen LogP contribution in [0.4, 0.5) is 11.5 Å². The van der Waals surface area contributed by atoms with Gasteiger partial charge in [0.05, 0.1) is 5.69 Å². The molecule has 1 saturated carbocycles. The molecule has 33 heavy (non-hydrogen) atoms. The highest BCUT2D eigenvalue weighted by Crippen LogP contribution is 2.43. The SMILES string of the molecule is CNc1nc(C2CCC(C)(C)C(NC(=O)c3cc(C(C)C)on3)C2)ccc1NCC(C)(C)C. The van der Waals surface area contributed by atoms with E-state index in [9.17, 15) is 4.79 Å². The Kier molecular flexibility index (Phi) is 7.39. The maximum Gasteiger partial charge on any atom is 0.273 e. The van der Waals surface area contributed by atoms with E-state index in [4.69, 9.17) is 9.51 Å². The van der Waals surface area contributed by atoms with Crippen LogP contribution in [0.5, 0.6) is 0 Å². The van der Waals surface area contributed by atoms with Crippen LogP contribution >= 0.6 is 0 Å². The molecule has 7 nitrogen and oxygen atoms in total. The minimum atomic E-state index is -0.171. The minimum absolute atomic E-state index is 0.00316. The predicted molar refractivity (Wildman–Crippen MR) is 134 cm³/mol. The fourth-order valence-corrected chi connectivity index (χ4v) is 4.26. The van der Waals surface area contributed by atoms with Crippen LogP contribution in [0, 0.1) is 10.8 Å². The van der Waals surface area contributed by atoms with Crippen LogP contribution in [0.15, 0.2) is 22.7 Å². The molecule has 1 amide bonds. The molecule has 3 N–H and O–H groups in total. The number of hydrogen-bond donors (Lipinski definition) is 3. The Morgan fingerprint density at radius 1 is 1.27 bits per heavy atom. The second-order valence-corrected chi connectivity index (χ2v) is 11.6. The summed E-state index contributed by atoms with van der Waals surface area (Å²) in [5.74, 6) is 1.91. The Morgan fingerprint density at radius 2 is 2.00 bits per heavy atom. The van der Waals surface area contributed by atoms with Crippen molar-refractivity contribution in [2.75, 3.05) is 24.2 Å². The molecule has 2 aromatic heterocycles. The molecule has 2 heterocycles. The molecule has 1 fully saturated rings. The normalized spacial score (nSPS) is 20.5. The van der Waals surface area contributed by atoms with Crippen molar-refractivity contribution in [3.8, 4) is 0 Å². The van der Waals surface area contributed by atoms with E-state index in [-0.39, 0.29) is 34.6 Å². The van der Waals surface area contributed by atoms with Crippen LogP contribution in [0.3, 0.4) is 0 Å². The topological polar surface area (TPSA) is 92.1 Å². The number of amides is 1. The van der Waals surface area contributed by atoms with Gasteiger partial charge >= 0.3 is 0 Å². The monoisotopic (exact) mass is 455 g/mol. The molecule has 0 bridgehead atoms. The summed E-state index contributed by atoms with van der Waals surface area (Å²) in [4.78, 5) is 17.9. The second kappa shape index (κ2) is 9.74. The lowest BCUT2D eigenvalue weighted by Gasteiger charge is -2.42. The lowest BCUT2D eigenvalue weighted by Crippen LogP contribution is -2.48. The summed E-state index contributed by atoms with van der Waals surface area (Å²) in [7, 11) is 1.91. The number of hydrogen-bond acceptors (Lipinski definition) is 6. The Morgan fingerprint density at radius 3 is 2.61 bits per heavy atom. The van der Waals surface area contributed by atoms with Crippen molar-refractivity contribution in [3.05, 3.63) is 35.3 Å². The standard InChI is InChI=1S/C26H41N5O2/c1-16(2)21-14-20(31-33-21)24(32)30-22-13-17(11-12-26(22,6)7)18-9-10-19(23(27-8)29-18)28-15-25(3,4)5/h9-10,14,16-17,22,28H,11-13,15H2,1-8H3,(H,27,29)(H,30,32). The average Bonchev–Trinajstić information content (AvgIpc) is 3.24. The third kappa shape index (κ3) is 6.27. The molecule has 182 valence electrons. The van der Waals surface area contributed by atoms with E-state index >= 15 is 0 Å². The number of pyridine rings is 1. The summed E-state index contributed by atoms with van der Waals surface area (Å²) in [5.41, 5.74) is 2.62. The average molecular weight is 456 g/mol. The van der Waals surface area contributed by atoms with Crippen molar-refractivity contribution < 1.29 is 9.32 Å². The number of carbonyl (C=O) groups excluding carboxylic acids is 1. The number of rotatable bonds is 7. The van der Waals surface area contributed by atoms with Gasteiger partial charge in [-0.15, -0.1) is 0 Å². The molecule has 2 aromatic rings. The Labute approximate surface area is 198 Å². The first kappa shape index (κ1) is 25.1. The summed E-state index contributed by atoms with van der Waals surface area (Å²) in [6.07, 6.45) is 2.91. The summed E-state index contributed by atoms with van der Waals surface area (Å²) in [6.45, 7) is 16.0. The van der Waals surface area contributed by atoms with Gasteiger partial charge in [0.15, 0.2) is 5.69 Å². The number of nitrogens with zero attached hydrogens (tertiary/aromatic N) is 2. The number of carbonyl (C=O) groups is 1. The van der Waals surface area contributed by atoms with Gasteiger partial charge in [-0.1, -0.05) is 53.6 Å². The molecule has 0 radical (unpaired) electrons. The lowest BCUT2D eigenvalue weighted by atomic mass is 9.68. The van der Waals surface area contributed by atoms with Gasteiger partial charge in [0, 0.05) is 43.2 Å². The second-order valence-electron chi connectivity index (χ2n) is 11.6. The lowest BCUT2D eigenvalue weighted by molar-refractivity contribution is 0.0827. The minimum Gasteiger partial charge on any atom is -0.382 e. The third-order valence-corrected chi connectivity index (χ3v) is 6.62. The van der Waals surface area contributed by atoms with Crippen LogP contribution in [0.25, 0.3) is 0 Å². The van der Waals surface area contributed by atoms with E-state index in [0.717, 1.165) is 48.8 Å². The molecule has 3 rings (SSSR count). The molecule has 0 saturated heterocycles. The smallest absolute Gasteiger partial charge is 0.273 e. The summed E-state index contributed by atoms with van der Waals surface area (Å²) in [6, 6.07) is 6.02. The van der Waals surface area contributed by atoms with Crippen molar-refractivity contribution in [2.24, 2.45) is 10.8 Å². The largest absolute Gasteiger partial charge is 0.382 e. The van der Waals surface area contributed by atoms with Gasteiger partial charge < -0.3 is 20.5 Å². The van der Waals surface area contributed by atoms with Crippen LogP contribution in [0.1, 0.15) is 102 Å². The Bertz CT molecular complexity index is 958. The van der Waals surface area contributed by atoms with E-state index in [1.54, 1.807) is 6.07 Å². The molecule has 0 spiro atoms. The summed E-state index contributed by atoms with van der Waals surface area (Å²) in [5, 5.41) is 14.0. The summed E-state index contributed by atoms with van der Waals surface area (Å²) < 4.78 is 5.32. The van der Waals surface area contributed by atoms with Crippen LogP contribution < -0.4 is 16.0 Å². The fraction of sp³-hybridized carbons (Fsp3) is 0.654. The van der Waals surface area contributed by atoms with Crippen LogP contribution in [-0.4, -0.2) is 35.7 Å². The van der Waals surface area contributed by atoms with Crippen LogP contribution in [0.2, 0.25) is 0 Å². The molecular formula is C26H41N5O2. The first-order valence-corrected chi connectivity index (χ1v) is 12.1. The van der Waals surface area contributed by atoms with Gasteiger partial charge in [0.25, 0.3) is 5.91 Å². The molecule has 1 aliphatic rings. The van der Waals surface area contributed by atoms with E-state index in [1.807, 2.05) is 20.9 Å². The highest BCUT2D eigenvalue weighted by Gasteiger charge is 2.39. The molecule has 2 unspecified atom stereocenters. The van der Waals surface area contributed by atoms with Gasteiger partial charge in [-0.2, -0.15) is 0 Å². The molecule has 0 aliphatic heterocycles. The highest BCUT2D eigenvalue weighted by atomic mass is 16.5. The Balaban J connectivity index is 1.74. The van der Waals surface area contributed by atoms with Crippen molar-refractivity contribution >= 4 is 17.4 Å². The molecular weight excluding hydrogens is 414 g/mol. The first-order valence-electron chi connectivity index (χ1n) is 12.1. The molecule has 2 atom stereocenters. The van der Waals surface area contributed by atoms with Crippen molar-refractivity contribution in [3.63, 3.8) is 0 Å². The van der Waals surface area contributed by atoms with Gasteiger partial charge in [0.2, 0.25) is 0 Å². The van der Waals surface area contributed by atoms with Gasteiger partial charge in [-0.25, -0.2) is 4.98 Å². The predicted octanol–water partition coefficient (Wildman–Crippen LogP) is 5.79. The van der Waals surface area contributed by atoms with Gasteiger partial charge in [-0.3, -0.25) is 4.79 Å². The molecule has 7 heteroatoms. The van der Waals surface area contributed by atoms with Crippen molar-refractivity contribution in [1.29, 1.82) is 0 Å². The highest BCUT2D eigenvalue weighted by molar-refractivity contribution is 5.92. The fourth-order valence-electron chi connectivity index (χ4n) is 4.26. The third-order valence-electron chi connectivity index (χ3n) is 6.62. The van der Waals surface area contributed by atoms with E-state index in [2.05, 4.69) is 67.9 Å². The summed E-state index contributed by atoms with van der Waals surface area (Å²) >= 11 is 0. The number of anilines is 2. The van der Waals surface area contributed by atoms with E-state index in [1.165, 1.54) is 0 Å². The first-order chi connectivity index (χ1) is 15.4. The van der Waals surface area contributed by atoms with Gasteiger partial charge in [0.1, 0.15) is 11.6 Å².